The summed E-state index contributed by atoms with van der Waals surface area (Å²) in [6.45, 7) is 0. The highest BCUT2D eigenvalue weighted by Crippen LogP contribution is 2.27. The highest BCUT2D eigenvalue weighted by Gasteiger charge is 2.10. The van der Waals surface area contributed by atoms with Crippen molar-refractivity contribution in [3.8, 4) is 17.5 Å². The van der Waals surface area contributed by atoms with E-state index in [4.69, 9.17) is 4.42 Å². The summed E-state index contributed by atoms with van der Waals surface area (Å²) in [6, 6.07) is 11.7. The molecule has 2 aromatic heterocycles. The molecule has 0 aliphatic heterocycles. The van der Waals surface area contributed by atoms with Gasteiger partial charge in [-0.25, -0.2) is 9.37 Å². The number of rotatable bonds is 3. The summed E-state index contributed by atoms with van der Waals surface area (Å²) >= 11 is 1.37. The molecule has 0 saturated carbocycles. The monoisotopic (exact) mass is 296 g/mol. The highest BCUT2D eigenvalue weighted by molar-refractivity contribution is 7.11. The fourth-order valence-electron chi connectivity index (χ4n) is 1.80. The molecule has 0 radical (unpaired) electrons. The van der Waals surface area contributed by atoms with Crippen molar-refractivity contribution in [3.63, 3.8) is 0 Å². The first-order chi connectivity index (χ1) is 10.3. The Morgan fingerprint density at radius 3 is 2.76 bits per heavy atom. The summed E-state index contributed by atoms with van der Waals surface area (Å²) in [5, 5.41) is 11.7. The number of thiazole rings is 1. The lowest BCUT2D eigenvalue weighted by Gasteiger charge is -1.95. The van der Waals surface area contributed by atoms with Gasteiger partial charge in [0.2, 0.25) is 0 Å². The quantitative estimate of drug-likeness (QED) is 0.663. The van der Waals surface area contributed by atoms with Crippen molar-refractivity contribution in [2.75, 3.05) is 0 Å². The molecule has 3 nitrogen and oxygen atoms in total. The lowest BCUT2D eigenvalue weighted by molar-refractivity contribution is 0.580. The topological polar surface area (TPSA) is 49.8 Å². The van der Waals surface area contributed by atoms with Crippen LogP contribution in [0.5, 0.6) is 0 Å². The lowest BCUT2D eigenvalue weighted by atomic mass is 10.1. The van der Waals surface area contributed by atoms with Crippen LogP contribution in [0.4, 0.5) is 4.39 Å². The van der Waals surface area contributed by atoms with Gasteiger partial charge in [0.15, 0.2) is 5.76 Å². The van der Waals surface area contributed by atoms with Gasteiger partial charge in [-0.2, -0.15) is 5.26 Å². The van der Waals surface area contributed by atoms with Crippen LogP contribution < -0.4 is 0 Å². The second-order valence-electron chi connectivity index (χ2n) is 4.24. The van der Waals surface area contributed by atoms with Gasteiger partial charge in [-0.3, -0.25) is 0 Å². The Morgan fingerprint density at radius 1 is 1.29 bits per heavy atom. The molecule has 0 fully saturated rings. The van der Waals surface area contributed by atoms with Gasteiger partial charge in [0.1, 0.15) is 22.6 Å². The number of allylic oxidation sites excluding steroid dienone is 1. The van der Waals surface area contributed by atoms with Crippen LogP contribution in [0.15, 0.2) is 52.5 Å². The van der Waals surface area contributed by atoms with Gasteiger partial charge in [-0.1, -0.05) is 12.1 Å². The van der Waals surface area contributed by atoms with Crippen molar-refractivity contribution in [3.05, 3.63) is 64.4 Å². The zero-order valence-electron chi connectivity index (χ0n) is 10.8. The summed E-state index contributed by atoms with van der Waals surface area (Å²) in [5.74, 6) is 0.358. The molecule has 0 aliphatic rings. The average Bonchev–Trinajstić information content (AvgIpc) is 3.17. The highest BCUT2D eigenvalue weighted by atomic mass is 32.1. The number of nitriles is 1. The minimum absolute atomic E-state index is 0.306. The molecule has 2 heterocycles. The van der Waals surface area contributed by atoms with Gasteiger partial charge in [0, 0.05) is 5.38 Å². The fourth-order valence-corrected chi connectivity index (χ4v) is 2.58. The van der Waals surface area contributed by atoms with E-state index < -0.39 is 0 Å². The van der Waals surface area contributed by atoms with E-state index in [2.05, 4.69) is 11.1 Å². The van der Waals surface area contributed by atoms with Crippen molar-refractivity contribution in [1.82, 2.24) is 4.98 Å². The molecule has 102 valence electrons. The average molecular weight is 296 g/mol. The third-order valence-corrected chi connectivity index (χ3v) is 3.69. The van der Waals surface area contributed by atoms with E-state index in [1.807, 2.05) is 11.4 Å². The van der Waals surface area contributed by atoms with Crippen molar-refractivity contribution in [1.29, 1.82) is 5.26 Å². The van der Waals surface area contributed by atoms with E-state index in [1.54, 1.807) is 30.5 Å². The van der Waals surface area contributed by atoms with E-state index >= 15 is 0 Å². The van der Waals surface area contributed by atoms with Crippen molar-refractivity contribution >= 4 is 23.0 Å². The molecule has 5 heteroatoms. The van der Waals surface area contributed by atoms with Gasteiger partial charge < -0.3 is 4.42 Å². The Labute approximate surface area is 124 Å². The van der Waals surface area contributed by atoms with Crippen LogP contribution in [0.25, 0.3) is 23.1 Å². The molecule has 0 atom stereocenters. The predicted octanol–water partition coefficient (Wildman–Crippen LogP) is 4.61. The van der Waals surface area contributed by atoms with Crippen molar-refractivity contribution in [2.24, 2.45) is 0 Å². The van der Waals surface area contributed by atoms with E-state index in [9.17, 15) is 9.65 Å². The Morgan fingerprint density at radius 2 is 2.10 bits per heavy atom. The maximum Gasteiger partial charge on any atom is 0.153 e. The molecule has 0 aliphatic carbocycles. The second-order valence-corrected chi connectivity index (χ2v) is 5.09. The Kier molecular flexibility index (Phi) is 3.63. The third-order valence-electron chi connectivity index (χ3n) is 2.81. The Hall–Kier alpha value is -2.71. The summed E-state index contributed by atoms with van der Waals surface area (Å²) in [6.07, 6.45) is 3.26. The molecule has 1 aromatic carbocycles. The summed E-state index contributed by atoms with van der Waals surface area (Å²) in [7, 11) is 0. The van der Waals surface area contributed by atoms with Gasteiger partial charge in [-0.15, -0.1) is 11.3 Å². The third kappa shape index (κ3) is 2.91. The van der Waals surface area contributed by atoms with Crippen molar-refractivity contribution < 1.29 is 8.81 Å². The summed E-state index contributed by atoms with van der Waals surface area (Å²) in [5.41, 5.74) is 1.88. The number of aromatic nitrogens is 1. The standard InChI is InChI=1S/C16H9FN2OS/c17-13-5-3-11(4-6-13)8-12(9-18)16-19-14(10-21-16)15-2-1-7-20-15/h1-8,10H. The SMILES string of the molecule is N#CC(=Cc1ccc(F)cc1)c1nc(-c2ccco2)cs1. The minimum Gasteiger partial charge on any atom is -0.463 e. The maximum atomic E-state index is 12.9. The van der Waals surface area contributed by atoms with Crippen LogP contribution >= 0.6 is 11.3 Å². The largest absolute Gasteiger partial charge is 0.463 e. The first kappa shape index (κ1) is 13.3. The van der Waals surface area contributed by atoms with E-state index in [0.29, 0.717) is 22.0 Å². The Balaban J connectivity index is 1.94. The van der Waals surface area contributed by atoms with Crippen molar-refractivity contribution in [2.45, 2.75) is 0 Å². The summed E-state index contributed by atoms with van der Waals surface area (Å²) in [4.78, 5) is 4.40. The number of hydrogen-bond acceptors (Lipinski definition) is 4. The number of benzene rings is 1. The van der Waals surface area contributed by atoms with Gasteiger partial charge >= 0.3 is 0 Å². The summed E-state index contributed by atoms with van der Waals surface area (Å²) < 4.78 is 18.2. The maximum absolute atomic E-state index is 12.9. The normalized spacial score (nSPS) is 11.3. The van der Waals surface area contributed by atoms with Crippen LogP contribution in [0.2, 0.25) is 0 Å². The lowest BCUT2D eigenvalue weighted by Crippen LogP contribution is -1.82. The second kappa shape index (κ2) is 5.73. The Bertz CT molecular complexity index is 811. The van der Waals surface area contributed by atoms with Crippen LogP contribution in [0.1, 0.15) is 10.6 Å². The molecule has 0 N–H and O–H groups in total. The molecule has 21 heavy (non-hydrogen) atoms. The van der Waals surface area contributed by atoms with Crippen LogP contribution in [0.3, 0.4) is 0 Å². The first-order valence-corrected chi connectivity index (χ1v) is 7.01. The smallest absolute Gasteiger partial charge is 0.153 e. The van der Waals surface area contributed by atoms with Crippen LogP contribution in [0, 0.1) is 17.1 Å². The molecule has 0 unspecified atom stereocenters. The zero-order chi connectivity index (χ0) is 14.7. The van der Waals surface area contributed by atoms with Crippen LogP contribution in [-0.4, -0.2) is 4.98 Å². The molecule has 0 saturated heterocycles. The minimum atomic E-state index is -0.306. The molecular weight excluding hydrogens is 287 g/mol. The van der Waals surface area contributed by atoms with Gasteiger partial charge in [-0.05, 0) is 35.9 Å². The molecule has 3 aromatic rings. The number of halogens is 1. The van der Waals surface area contributed by atoms with E-state index in [0.717, 1.165) is 5.56 Å². The molecule has 0 amide bonds. The van der Waals surface area contributed by atoms with Crippen LogP contribution in [-0.2, 0) is 0 Å². The molecule has 3 rings (SSSR count). The molecular formula is C16H9FN2OS. The number of furan rings is 1. The van der Waals surface area contributed by atoms with E-state index in [1.165, 1.54) is 23.5 Å². The number of hydrogen-bond donors (Lipinski definition) is 0. The fraction of sp³-hybridized carbons (Fsp3) is 0. The molecule has 0 bridgehead atoms. The molecule has 0 spiro atoms. The predicted molar refractivity (Wildman–Crippen MR) is 79.7 cm³/mol. The zero-order valence-corrected chi connectivity index (χ0v) is 11.6. The van der Waals surface area contributed by atoms with E-state index in [-0.39, 0.29) is 5.82 Å². The van der Waals surface area contributed by atoms with Gasteiger partial charge in [0.25, 0.3) is 0 Å². The number of nitrogens with zero attached hydrogens (tertiary/aromatic N) is 2. The first-order valence-electron chi connectivity index (χ1n) is 6.13. The van der Waals surface area contributed by atoms with Gasteiger partial charge in [0.05, 0.1) is 11.8 Å².